The van der Waals surface area contributed by atoms with E-state index in [2.05, 4.69) is 30.3 Å². The summed E-state index contributed by atoms with van der Waals surface area (Å²) in [7, 11) is 1.92. The number of hydrogen-bond donors (Lipinski definition) is 1. The summed E-state index contributed by atoms with van der Waals surface area (Å²) in [5, 5.41) is 10.9. The maximum Gasteiger partial charge on any atom is 0.131 e. The van der Waals surface area contributed by atoms with Crippen molar-refractivity contribution >= 4 is 0 Å². The molecule has 5 rings (SSSR count). The number of hydrogen-bond acceptors (Lipinski definition) is 6. The minimum Gasteiger partial charge on any atom is -0.491 e. The number of aromatic amines is 1. The number of ether oxygens (including phenoxy) is 1. The van der Waals surface area contributed by atoms with Crippen LogP contribution in [0.15, 0.2) is 42.9 Å². The lowest BCUT2D eigenvalue weighted by Gasteiger charge is -2.26. The summed E-state index contributed by atoms with van der Waals surface area (Å²) in [6.07, 6.45) is 7.21. The van der Waals surface area contributed by atoms with Crippen LogP contribution in [-0.4, -0.2) is 61.1 Å². The first-order valence-electron chi connectivity index (χ1n) is 11.6. The van der Waals surface area contributed by atoms with E-state index in [0.29, 0.717) is 23.7 Å². The van der Waals surface area contributed by atoms with Gasteiger partial charge >= 0.3 is 0 Å². The predicted molar refractivity (Wildman–Crippen MR) is 128 cm³/mol. The molecule has 1 aromatic carbocycles. The predicted octanol–water partition coefficient (Wildman–Crippen LogP) is 4.25. The molecule has 8 nitrogen and oxygen atoms in total. The second-order valence-corrected chi connectivity index (χ2v) is 8.66. The number of nitrogens with zero attached hydrogens (tertiary/aromatic N) is 6. The van der Waals surface area contributed by atoms with Gasteiger partial charge in [-0.05, 0) is 57.1 Å². The molecule has 4 heterocycles. The number of benzene rings is 1. The molecule has 0 atom stereocenters. The molecule has 176 valence electrons. The molecule has 0 amide bonds. The van der Waals surface area contributed by atoms with Crippen LogP contribution in [0.25, 0.3) is 33.9 Å². The Labute approximate surface area is 197 Å². The minimum atomic E-state index is -0.331. The van der Waals surface area contributed by atoms with Gasteiger partial charge in [0.05, 0.1) is 23.4 Å². The van der Waals surface area contributed by atoms with E-state index in [4.69, 9.17) is 4.74 Å². The number of aryl methyl sites for hydroxylation is 2. The summed E-state index contributed by atoms with van der Waals surface area (Å²) in [5.41, 5.74) is 5.52. The second kappa shape index (κ2) is 9.72. The third-order valence-electron chi connectivity index (χ3n) is 6.25. The fourth-order valence-electron chi connectivity index (χ4n) is 4.47. The maximum atomic E-state index is 14.2. The summed E-state index contributed by atoms with van der Waals surface area (Å²) in [4.78, 5) is 11.6. The number of halogens is 1. The van der Waals surface area contributed by atoms with Gasteiger partial charge in [0.15, 0.2) is 0 Å². The van der Waals surface area contributed by atoms with Crippen LogP contribution in [0.4, 0.5) is 4.39 Å². The van der Waals surface area contributed by atoms with Crippen molar-refractivity contribution in [3.8, 4) is 39.7 Å². The molecule has 0 aliphatic carbocycles. The summed E-state index contributed by atoms with van der Waals surface area (Å²) < 4.78 is 22.2. The smallest absolute Gasteiger partial charge is 0.131 e. The number of likely N-dealkylation sites (tertiary alicyclic amines) is 1. The number of rotatable bonds is 7. The Morgan fingerprint density at radius 2 is 1.91 bits per heavy atom. The zero-order chi connectivity index (χ0) is 23.5. The van der Waals surface area contributed by atoms with E-state index < -0.39 is 0 Å². The van der Waals surface area contributed by atoms with Crippen LogP contribution in [-0.2, 0) is 7.05 Å². The lowest BCUT2D eigenvalue weighted by Crippen LogP contribution is -2.33. The lowest BCUT2D eigenvalue weighted by molar-refractivity contribution is 0.183. The Balaban J connectivity index is 1.47. The van der Waals surface area contributed by atoms with Crippen LogP contribution in [0, 0.1) is 12.7 Å². The van der Waals surface area contributed by atoms with E-state index in [1.165, 1.54) is 31.4 Å². The highest BCUT2D eigenvalue weighted by Gasteiger charge is 2.20. The highest BCUT2D eigenvalue weighted by molar-refractivity contribution is 5.81. The Morgan fingerprint density at radius 3 is 2.71 bits per heavy atom. The van der Waals surface area contributed by atoms with E-state index in [-0.39, 0.29) is 5.82 Å². The van der Waals surface area contributed by atoms with Crippen LogP contribution in [0.3, 0.4) is 0 Å². The number of pyridine rings is 1. The first-order chi connectivity index (χ1) is 16.6. The SMILES string of the molecule is Cc1[nH]nnc1-c1ccnc(-c2ncn(C)c2-c2ccc(F)cc2OCCN2CCCCC2)c1. The van der Waals surface area contributed by atoms with Gasteiger partial charge in [-0.15, -0.1) is 5.10 Å². The van der Waals surface area contributed by atoms with E-state index in [0.717, 1.165) is 47.8 Å². The van der Waals surface area contributed by atoms with Crippen molar-refractivity contribution in [2.24, 2.45) is 7.05 Å². The molecule has 0 radical (unpaired) electrons. The van der Waals surface area contributed by atoms with Crippen molar-refractivity contribution in [1.29, 1.82) is 0 Å². The molecule has 1 fully saturated rings. The van der Waals surface area contributed by atoms with Crippen LogP contribution in [0.2, 0.25) is 0 Å². The third kappa shape index (κ3) is 4.56. The van der Waals surface area contributed by atoms with Gasteiger partial charge < -0.3 is 9.30 Å². The Hall–Kier alpha value is -3.59. The molecular weight excluding hydrogens is 433 g/mol. The highest BCUT2D eigenvalue weighted by Crippen LogP contribution is 2.37. The Morgan fingerprint density at radius 1 is 1.06 bits per heavy atom. The van der Waals surface area contributed by atoms with Crippen LogP contribution >= 0.6 is 0 Å². The van der Waals surface area contributed by atoms with Gasteiger partial charge in [-0.2, -0.15) is 0 Å². The molecule has 0 spiro atoms. The average Bonchev–Trinajstić information content (AvgIpc) is 3.45. The monoisotopic (exact) mass is 461 g/mol. The van der Waals surface area contributed by atoms with Gasteiger partial charge in [-0.1, -0.05) is 11.6 Å². The molecule has 0 bridgehead atoms. The zero-order valence-corrected chi connectivity index (χ0v) is 19.5. The molecule has 0 unspecified atom stereocenters. The number of piperidine rings is 1. The van der Waals surface area contributed by atoms with Crippen molar-refractivity contribution in [3.63, 3.8) is 0 Å². The summed E-state index contributed by atoms with van der Waals surface area (Å²) in [5.74, 6) is 0.174. The van der Waals surface area contributed by atoms with Crippen molar-refractivity contribution in [2.75, 3.05) is 26.2 Å². The standard InChI is InChI=1S/C25H28FN7O/c1-17-23(30-31-29-17)18-8-9-27-21(14-18)24-25(32(2)16-28-24)20-7-6-19(26)15-22(20)34-13-12-33-10-4-3-5-11-33/h6-9,14-16H,3-5,10-13H2,1-2H3,(H,29,30,31). The number of imidazole rings is 1. The van der Waals surface area contributed by atoms with Crippen LogP contribution in [0.1, 0.15) is 25.0 Å². The average molecular weight is 462 g/mol. The van der Waals surface area contributed by atoms with Gasteiger partial charge in [-0.3, -0.25) is 15.0 Å². The van der Waals surface area contributed by atoms with Crippen molar-refractivity contribution in [1.82, 2.24) is 34.8 Å². The maximum absolute atomic E-state index is 14.2. The fraction of sp³-hybridized carbons (Fsp3) is 0.360. The van der Waals surface area contributed by atoms with Crippen LogP contribution < -0.4 is 4.74 Å². The number of H-pyrrole nitrogens is 1. The number of aromatic nitrogens is 6. The van der Waals surface area contributed by atoms with E-state index in [1.807, 2.05) is 30.7 Å². The molecular formula is C25H28FN7O. The van der Waals surface area contributed by atoms with Gasteiger partial charge in [0.25, 0.3) is 0 Å². The minimum absolute atomic E-state index is 0.331. The van der Waals surface area contributed by atoms with Gasteiger partial charge in [-0.25, -0.2) is 9.37 Å². The van der Waals surface area contributed by atoms with Crippen molar-refractivity contribution in [2.45, 2.75) is 26.2 Å². The molecule has 3 aromatic heterocycles. The molecule has 0 saturated carbocycles. The summed E-state index contributed by atoms with van der Waals surface area (Å²) in [6.45, 7) is 5.45. The molecule has 9 heteroatoms. The van der Waals surface area contributed by atoms with E-state index in [9.17, 15) is 4.39 Å². The second-order valence-electron chi connectivity index (χ2n) is 8.66. The largest absolute Gasteiger partial charge is 0.491 e. The van der Waals surface area contributed by atoms with Crippen molar-refractivity contribution < 1.29 is 9.13 Å². The lowest BCUT2D eigenvalue weighted by atomic mass is 10.0. The van der Waals surface area contributed by atoms with Gasteiger partial charge in [0.1, 0.15) is 29.6 Å². The fourth-order valence-corrected chi connectivity index (χ4v) is 4.47. The topological polar surface area (TPSA) is 84.8 Å². The first-order valence-corrected chi connectivity index (χ1v) is 11.6. The molecule has 1 aliphatic heterocycles. The third-order valence-corrected chi connectivity index (χ3v) is 6.25. The zero-order valence-electron chi connectivity index (χ0n) is 19.5. The Bertz CT molecular complexity index is 1280. The van der Waals surface area contributed by atoms with E-state index >= 15 is 0 Å². The molecule has 1 N–H and O–H groups in total. The first kappa shape index (κ1) is 22.2. The molecule has 34 heavy (non-hydrogen) atoms. The quantitative estimate of drug-likeness (QED) is 0.443. The summed E-state index contributed by atoms with van der Waals surface area (Å²) >= 11 is 0. The van der Waals surface area contributed by atoms with Crippen LogP contribution in [0.5, 0.6) is 5.75 Å². The normalized spacial score (nSPS) is 14.4. The van der Waals surface area contributed by atoms with E-state index in [1.54, 1.807) is 18.6 Å². The van der Waals surface area contributed by atoms with Gasteiger partial charge in [0, 0.05) is 37.0 Å². The molecule has 1 aliphatic rings. The molecule has 1 saturated heterocycles. The highest BCUT2D eigenvalue weighted by atomic mass is 19.1. The van der Waals surface area contributed by atoms with Crippen molar-refractivity contribution in [3.05, 3.63) is 54.4 Å². The number of nitrogens with one attached hydrogen (secondary N) is 1. The van der Waals surface area contributed by atoms with Gasteiger partial charge in [0.2, 0.25) is 0 Å². The molecule has 4 aromatic rings. The Kier molecular flexibility index (Phi) is 6.35. The summed E-state index contributed by atoms with van der Waals surface area (Å²) in [6, 6.07) is 8.48.